The first-order valence-corrected chi connectivity index (χ1v) is 10.1. The molecular formula is C20H31NO10. The number of amides is 1. The number of hydrogen-bond acceptors (Lipinski definition) is 10. The van der Waals surface area contributed by atoms with E-state index >= 15 is 0 Å². The van der Waals surface area contributed by atoms with Crippen LogP contribution in [0.2, 0.25) is 0 Å². The van der Waals surface area contributed by atoms with E-state index in [1.807, 2.05) is 6.92 Å². The van der Waals surface area contributed by atoms with Gasteiger partial charge < -0.3 is 29.0 Å². The molecule has 1 rings (SSSR count). The number of hydrogen-bond donors (Lipinski definition) is 1. The molecule has 0 aromatic rings. The van der Waals surface area contributed by atoms with Crippen molar-refractivity contribution in [2.45, 2.75) is 90.9 Å². The molecule has 1 N–H and O–H groups in total. The maximum atomic E-state index is 12.4. The Kier molecular flexibility index (Phi) is 10.9. The van der Waals surface area contributed by atoms with Crippen LogP contribution in [0.4, 0.5) is 0 Å². The van der Waals surface area contributed by atoms with Gasteiger partial charge in [0.15, 0.2) is 24.5 Å². The Balaban J connectivity index is 3.23. The first kappa shape index (κ1) is 26.3. The molecule has 0 aliphatic carbocycles. The molecular weight excluding hydrogens is 414 g/mol. The summed E-state index contributed by atoms with van der Waals surface area (Å²) in [6.07, 6.45) is -3.54. The Labute approximate surface area is 181 Å². The minimum atomic E-state index is -1.31. The van der Waals surface area contributed by atoms with Gasteiger partial charge in [0.05, 0.1) is 0 Å². The topological polar surface area (TPSA) is 144 Å². The highest BCUT2D eigenvalue weighted by Gasteiger charge is 2.52. The number of ether oxygens (including phenoxy) is 5. The van der Waals surface area contributed by atoms with Crippen LogP contribution in [0.15, 0.2) is 0 Å². The van der Waals surface area contributed by atoms with E-state index in [1.54, 1.807) is 0 Å². The van der Waals surface area contributed by atoms with Crippen LogP contribution in [-0.4, -0.2) is 67.0 Å². The van der Waals surface area contributed by atoms with Crippen LogP contribution in [0.1, 0.15) is 60.3 Å². The third-order valence-electron chi connectivity index (χ3n) is 4.30. The third-order valence-corrected chi connectivity index (χ3v) is 4.30. The van der Waals surface area contributed by atoms with Gasteiger partial charge in [-0.15, -0.1) is 0 Å². The summed E-state index contributed by atoms with van der Waals surface area (Å²) in [5, 5.41) is 2.62. The van der Waals surface area contributed by atoms with Gasteiger partial charge in [-0.25, -0.2) is 0 Å². The van der Waals surface area contributed by atoms with Gasteiger partial charge in [0.1, 0.15) is 12.7 Å². The summed E-state index contributed by atoms with van der Waals surface area (Å²) in [6.45, 7) is 6.23. The Hall–Kier alpha value is -2.69. The molecule has 5 atom stereocenters. The fraction of sp³-hybridized carbons (Fsp3) is 0.750. The third kappa shape index (κ3) is 9.33. The largest absolute Gasteiger partial charge is 0.463 e. The molecule has 1 aliphatic heterocycles. The van der Waals surface area contributed by atoms with Crippen LogP contribution in [-0.2, 0) is 47.7 Å². The minimum absolute atomic E-state index is 0.209. The maximum absolute atomic E-state index is 12.4. The molecule has 1 heterocycles. The standard InChI is InChI=1S/C20H31NO10/c1-6-7-8-9-16(26)21-20-19(30-14(5)25)18(29-13(4)24)17(28-12(3)23)15(31-20)10-27-11(2)22/h15,17-20H,6-10H2,1-5H3,(H,21,26)/t15?,17-,18?,19?,20-/m1/s1. The highest BCUT2D eigenvalue weighted by molar-refractivity contribution is 5.76. The van der Waals surface area contributed by atoms with Crippen LogP contribution in [0.25, 0.3) is 0 Å². The van der Waals surface area contributed by atoms with Crippen molar-refractivity contribution >= 4 is 29.8 Å². The van der Waals surface area contributed by atoms with Gasteiger partial charge in [0, 0.05) is 34.1 Å². The van der Waals surface area contributed by atoms with Crippen molar-refractivity contribution in [1.29, 1.82) is 0 Å². The van der Waals surface area contributed by atoms with Crippen LogP contribution in [0, 0.1) is 0 Å². The van der Waals surface area contributed by atoms with E-state index in [0.29, 0.717) is 6.42 Å². The van der Waals surface area contributed by atoms with Crippen molar-refractivity contribution in [2.24, 2.45) is 0 Å². The van der Waals surface area contributed by atoms with Crippen molar-refractivity contribution in [3.63, 3.8) is 0 Å². The lowest BCUT2D eigenvalue weighted by molar-refractivity contribution is -0.257. The molecule has 0 radical (unpaired) electrons. The van der Waals surface area contributed by atoms with Crippen molar-refractivity contribution < 1.29 is 47.7 Å². The lowest BCUT2D eigenvalue weighted by atomic mass is 9.97. The van der Waals surface area contributed by atoms with Gasteiger partial charge in [-0.05, 0) is 6.42 Å². The molecule has 1 amide bonds. The normalized spacial score (nSPS) is 25.1. The van der Waals surface area contributed by atoms with Crippen LogP contribution < -0.4 is 5.32 Å². The smallest absolute Gasteiger partial charge is 0.303 e. The molecule has 31 heavy (non-hydrogen) atoms. The first-order chi connectivity index (χ1) is 14.5. The minimum Gasteiger partial charge on any atom is -0.463 e. The summed E-state index contributed by atoms with van der Waals surface area (Å²) < 4.78 is 26.6. The molecule has 11 nitrogen and oxygen atoms in total. The number of esters is 4. The average Bonchev–Trinajstić information content (AvgIpc) is 2.64. The van der Waals surface area contributed by atoms with Crippen LogP contribution >= 0.6 is 0 Å². The monoisotopic (exact) mass is 445 g/mol. The molecule has 0 bridgehead atoms. The molecule has 3 unspecified atom stereocenters. The summed E-state index contributed by atoms with van der Waals surface area (Å²) in [4.78, 5) is 58.7. The quantitative estimate of drug-likeness (QED) is 0.291. The summed E-state index contributed by atoms with van der Waals surface area (Å²) in [6, 6.07) is 0. The van der Waals surface area contributed by atoms with Gasteiger partial charge in [-0.3, -0.25) is 24.0 Å². The van der Waals surface area contributed by atoms with E-state index in [9.17, 15) is 24.0 Å². The number of rotatable bonds is 10. The second kappa shape index (κ2) is 12.9. The molecule has 11 heteroatoms. The molecule has 1 fully saturated rings. The predicted octanol–water partition coefficient (Wildman–Crippen LogP) is 0.766. The number of unbranched alkanes of at least 4 members (excludes halogenated alkanes) is 2. The fourth-order valence-electron chi connectivity index (χ4n) is 3.11. The lowest BCUT2D eigenvalue weighted by Crippen LogP contribution is -2.66. The van der Waals surface area contributed by atoms with Crippen LogP contribution in [0.5, 0.6) is 0 Å². The zero-order valence-electron chi connectivity index (χ0n) is 18.5. The second-order valence-electron chi connectivity index (χ2n) is 7.14. The van der Waals surface area contributed by atoms with E-state index in [1.165, 1.54) is 6.92 Å². The van der Waals surface area contributed by atoms with Gasteiger partial charge in [-0.2, -0.15) is 0 Å². The Bertz CT molecular complexity index is 664. The predicted molar refractivity (Wildman–Crippen MR) is 104 cm³/mol. The zero-order valence-corrected chi connectivity index (χ0v) is 18.5. The molecule has 0 spiro atoms. The lowest BCUT2D eigenvalue weighted by Gasteiger charge is -2.44. The van der Waals surface area contributed by atoms with Gasteiger partial charge in [0.2, 0.25) is 5.91 Å². The molecule has 0 saturated carbocycles. The van der Waals surface area contributed by atoms with E-state index in [2.05, 4.69) is 5.32 Å². The Morgan fingerprint density at radius 1 is 0.774 bits per heavy atom. The van der Waals surface area contributed by atoms with Crippen LogP contribution in [0.3, 0.4) is 0 Å². The zero-order chi connectivity index (χ0) is 23.6. The summed E-state index contributed by atoms with van der Waals surface area (Å²) in [5.74, 6) is -3.16. The first-order valence-electron chi connectivity index (χ1n) is 10.1. The summed E-state index contributed by atoms with van der Waals surface area (Å²) >= 11 is 0. The van der Waals surface area contributed by atoms with Gasteiger partial charge in [0.25, 0.3) is 0 Å². The average molecular weight is 445 g/mol. The van der Waals surface area contributed by atoms with E-state index in [-0.39, 0.29) is 18.9 Å². The Morgan fingerprint density at radius 3 is 1.84 bits per heavy atom. The van der Waals surface area contributed by atoms with E-state index < -0.39 is 54.5 Å². The van der Waals surface area contributed by atoms with Crippen molar-refractivity contribution in [1.82, 2.24) is 5.32 Å². The highest BCUT2D eigenvalue weighted by atomic mass is 16.7. The van der Waals surface area contributed by atoms with Gasteiger partial charge in [-0.1, -0.05) is 19.8 Å². The second-order valence-corrected chi connectivity index (χ2v) is 7.14. The molecule has 0 aromatic carbocycles. The van der Waals surface area contributed by atoms with Crippen molar-refractivity contribution in [3.8, 4) is 0 Å². The number of nitrogens with one attached hydrogen (secondary N) is 1. The Morgan fingerprint density at radius 2 is 1.32 bits per heavy atom. The van der Waals surface area contributed by atoms with E-state index in [4.69, 9.17) is 23.7 Å². The maximum Gasteiger partial charge on any atom is 0.303 e. The SMILES string of the molecule is CCCCCC(=O)N[C@@H]1OC(COC(C)=O)[C@@H](OC(C)=O)C(OC(C)=O)C1OC(C)=O. The molecule has 176 valence electrons. The number of carbonyl (C=O) groups is 5. The molecule has 1 saturated heterocycles. The fourth-order valence-corrected chi connectivity index (χ4v) is 3.11. The summed E-state index contributed by atoms with van der Waals surface area (Å²) in [7, 11) is 0. The van der Waals surface area contributed by atoms with Crippen molar-refractivity contribution in [3.05, 3.63) is 0 Å². The molecule has 1 aliphatic rings. The molecule has 0 aromatic heterocycles. The highest BCUT2D eigenvalue weighted by Crippen LogP contribution is 2.28. The summed E-state index contributed by atoms with van der Waals surface area (Å²) in [5.41, 5.74) is 0. The van der Waals surface area contributed by atoms with Gasteiger partial charge >= 0.3 is 23.9 Å². The number of carbonyl (C=O) groups excluding carboxylic acids is 5. The van der Waals surface area contributed by atoms with E-state index in [0.717, 1.165) is 33.6 Å². The van der Waals surface area contributed by atoms with Crippen molar-refractivity contribution in [2.75, 3.05) is 6.61 Å².